The lowest BCUT2D eigenvalue weighted by Gasteiger charge is -2.55. The number of anilines is 1. The van der Waals surface area contributed by atoms with E-state index < -0.39 is 34.1 Å². The number of rotatable bonds is 9. The smallest absolute Gasteiger partial charge is 0.264 e. The molecular weight excluding hydrogens is 612 g/mol. The molecule has 3 fully saturated rings. The first-order valence-corrected chi connectivity index (χ1v) is 19.1. The second-order valence-corrected chi connectivity index (χ2v) is 17.8. The molecule has 1 amide bonds. The van der Waals surface area contributed by atoms with Gasteiger partial charge in [0.15, 0.2) is 0 Å². The molecule has 2 aromatic rings. The number of nitrogens with zero attached hydrogens (tertiary/aromatic N) is 1. The molecule has 0 saturated heterocycles. The minimum Gasteiger partial charge on any atom is -0.393 e. The monoisotopic (exact) mass is 668 g/mol. The molecule has 3 saturated carbocycles. The molecule has 47 heavy (non-hydrogen) atoms. The van der Waals surface area contributed by atoms with Crippen molar-refractivity contribution >= 4 is 38.7 Å². The highest BCUT2D eigenvalue weighted by Crippen LogP contribution is 2.65. The number of nitrogens with one attached hydrogen (secondary N) is 1. The molecular formula is C38H56N2O6S. The fourth-order valence-corrected chi connectivity index (χ4v) is 11.5. The molecule has 9 atom stereocenters. The molecule has 0 bridgehead atoms. The minimum atomic E-state index is -4.05. The van der Waals surface area contributed by atoms with Crippen LogP contribution in [0.5, 0.6) is 0 Å². The summed E-state index contributed by atoms with van der Waals surface area (Å²) in [6, 6.07) is 10.7. The Morgan fingerprint density at radius 2 is 1.70 bits per heavy atom. The first-order chi connectivity index (χ1) is 22.1. The van der Waals surface area contributed by atoms with Crippen molar-refractivity contribution in [2.24, 2.45) is 46.3 Å². The average molecular weight is 669 g/mol. The van der Waals surface area contributed by atoms with Crippen molar-refractivity contribution in [2.45, 2.75) is 109 Å². The van der Waals surface area contributed by atoms with Crippen LogP contribution in [0, 0.1) is 46.3 Å². The third-order valence-corrected chi connectivity index (χ3v) is 14.2. The molecule has 9 heteroatoms. The number of fused-ring (bicyclic) bond motifs is 4. The number of carbonyl (C=O) groups is 2. The van der Waals surface area contributed by atoms with Crippen molar-refractivity contribution in [2.75, 3.05) is 19.0 Å². The van der Waals surface area contributed by atoms with Gasteiger partial charge in [0, 0.05) is 42.9 Å². The fraction of sp³-hybridized carbons (Fsp3) is 0.684. The SMILES string of the molecule is C[C@H](CCCC(=O)NS(=O)(=O)c1cccc2c(N(C)C)cccc12)[C@H]1CCC2C3C(CC[C@@]21C)C(C)(C)CC[C@H](O)C[C@@H](O)[C@@H]3C=O. The summed E-state index contributed by atoms with van der Waals surface area (Å²) in [5.41, 5.74) is 0.896. The van der Waals surface area contributed by atoms with Gasteiger partial charge in [-0.1, -0.05) is 52.0 Å². The molecule has 3 aliphatic rings. The average Bonchev–Trinajstić information content (AvgIpc) is 3.37. The highest BCUT2D eigenvalue weighted by molar-refractivity contribution is 7.90. The number of amides is 1. The topological polar surface area (TPSA) is 124 Å². The van der Waals surface area contributed by atoms with Crippen LogP contribution in [0.15, 0.2) is 41.3 Å². The van der Waals surface area contributed by atoms with Crippen molar-refractivity contribution in [1.29, 1.82) is 0 Å². The van der Waals surface area contributed by atoms with Crippen LogP contribution in [0.25, 0.3) is 10.8 Å². The summed E-state index contributed by atoms with van der Waals surface area (Å²) in [6.45, 7) is 9.20. The quantitative estimate of drug-likeness (QED) is 0.267. The molecule has 0 spiro atoms. The molecule has 0 radical (unpaired) electrons. The molecule has 5 rings (SSSR count). The zero-order chi connectivity index (χ0) is 34.3. The number of hydrogen-bond donors (Lipinski definition) is 3. The lowest BCUT2D eigenvalue weighted by atomic mass is 9.49. The molecule has 3 unspecified atom stereocenters. The lowest BCUT2D eigenvalue weighted by molar-refractivity contribution is -0.129. The van der Waals surface area contributed by atoms with E-state index in [9.17, 15) is 28.2 Å². The Balaban J connectivity index is 1.25. The zero-order valence-electron chi connectivity index (χ0n) is 29.1. The maximum absolute atomic E-state index is 13.4. The Morgan fingerprint density at radius 1 is 1.00 bits per heavy atom. The van der Waals surface area contributed by atoms with Gasteiger partial charge in [0.2, 0.25) is 5.91 Å². The van der Waals surface area contributed by atoms with Gasteiger partial charge in [0.05, 0.1) is 17.1 Å². The molecule has 0 heterocycles. The molecule has 260 valence electrons. The van der Waals surface area contributed by atoms with Crippen LogP contribution >= 0.6 is 0 Å². The van der Waals surface area contributed by atoms with E-state index in [0.717, 1.165) is 55.9 Å². The third-order valence-electron chi connectivity index (χ3n) is 12.7. The summed E-state index contributed by atoms with van der Waals surface area (Å²) in [4.78, 5) is 27.6. The van der Waals surface area contributed by atoms with Gasteiger partial charge in [-0.2, -0.15) is 0 Å². The van der Waals surface area contributed by atoms with Crippen LogP contribution in [0.4, 0.5) is 5.69 Å². The van der Waals surface area contributed by atoms with Crippen LogP contribution in [0.3, 0.4) is 0 Å². The van der Waals surface area contributed by atoms with E-state index in [0.29, 0.717) is 41.9 Å². The molecule has 0 aliphatic heterocycles. The standard InChI is InChI=1S/C38H56N2O6S/c1-24(10-7-15-35(44)39-47(45,46)34-14-9-11-26-27(34)12-8-13-32(26)40(5)6)29-16-17-31-36-28(23-41)33(43)22-25(42)18-20-37(2,3)30(36)19-21-38(29,31)4/h8-9,11-14,23-25,28-31,33,36,42-43H,7,10,15-22H2,1-6H3,(H,39,44)/t24-,25+,28+,29-,30?,31?,33-,36?,38-/m1/s1. The van der Waals surface area contributed by atoms with Gasteiger partial charge in [0.1, 0.15) is 6.29 Å². The number of hydrogen-bond acceptors (Lipinski definition) is 7. The second kappa shape index (κ2) is 13.8. The van der Waals surface area contributed by atoms with Gasteiger partial charge in [-0.25, -0.2) is 13.1 Å². The summed E-state index contributed by atoms with van der Waals surface area (Å²) in [5, 5.41) is 23.2. The number of aliphatic hydroxyl groups is 2. The van der Waals surface area contributed by atoms with Crippen LogP contribution in [-0.2, 0) is 19.6 Å². The summed E-state index contributed by atoms with van der Waals surface area (Å²) in [7, 11) is -0.226. The molecule has 0 aromatic heterocycles. The predicted molar refractivity (Wildman–Crippen MR) is 186 cm³/mol. The normalized spacial score (nSPS) is 33.1. The van der Waals surface area contributed by atoms with E-state index in [1.165, 1.54) is 0 Å². The van der Waals surface area contributed by atoms with Crippen LogP contribution in [0.2, 0.25) is 0 Å². The summed E-state index contributed by atoms with van der Waals surface area (Å²) < 4.78 is 29.1. The Labute approximate surface area is 281 Å². The predicted octanol–water partition coefficient (Wildman–Crippen LogP) is 6.32. The summed E-state index contributed by atoms with van der Waals surface area (Å²) in [5.74, 6) is 0.491. The number of sulfonamides is 1. The van der Waals surface area contributed by atoms with Crippen LogP contribution in [-0.4, -0.2) is 57.1 Å². The van der Waals surface area contributed by atoms with Gasteiger partial charge >= 0.3 is 0 Å². The van der Waals surface area contributed by atoms with Gasteiger partial charge in [-0.05, 0) is 110 Å². The molecule has 8 nitrogen and oxygen atoms in total. The fourth-order valence-electron chi connectivity index (χ4n) is 10.3. The van der Waals surface area contributed by atoms with Crippen molar-refractivity contribution < 1.29 is 28.2 Å². The van der Waals surface area contributed by atoms with E-state index in [1.807, 2.05) is 37.2 Å². The first kappa shape index (κ1) is 35.8. The van der Waals surface area contributed by atoms with Crippen molar-refractivity contribution in [1.82, 2.24) is 4.72 Å². The van der Waals surface area contributed by atoms with Gasteiger partial charge < -0.3 is 19.9 Å². The number of aldehydes is 1. The zero-order valence-corrected chi connectivity index (χ0v) is 29.9. The highest BCUT2D eigenvalue weighted by Gasteiger charge is 2.59. The highest BCUT2D eigenvalue weighted by atomic mass is 32.2. The first-order valence-electron chi connectivity index (χ1n) is 17.7. The minimum absolute atomic E-state index is 0.0235. The largest absolute Gasteiger partial charge is 0.393 e. The van der Waals surface area contributed by atoms with Gasteiger partial charge in [-0.3, -0.25) is 4.79 Å². The Bertz CT molecular complexity index is 1560. The third kappa shape index (κ3) is 7.00. The number of carbonyl (C=O) groups excluding carboxylic acids is 2. The molecule has 3 N–H and O–H groups in total. The Hall–Kier alpha value is -2.49. The molecule has 2 aromatic carbocycles. The second-order valence-electron chi connectivity index (χ2n) is 16.1. The van der Waals surface area contributed by atoms with Gasteiger partial charge in [0.25, 0.3) is 10.0 Å². The van der Waals surface area contributed by atoms with Crippen molar-refractivity contribution in [3.05, 3.63) is 36.4 Å². The van der Waals surface area contributed by atoms with Crippen LogP contribution < -0.4 is 9.62 Å². The van der Waals surface area contributed by atoms with Crippen molar-refractivity contribution in [3.63, 3.8) is 0 Å². The maximum atomic E-state index is 13.4. The van der Waals surface area contributed by atoms with Crippen molar-refractivity contribution in [3.8, 4) is 0 Å². The van der Waals surface area contributed by atoms with Crippen LogP contribution in [0.1, 0.15) is 91.9 Å². The van der Waals surface area contributed by atoms with E-state index in [4.69, 9.17) is 0 Å². The maximum Gasteiger partial charge on any atom is 0.264 e. The molecule has 3 aliphatic carbocycles. The summed E-state index contributed by atoms with van der Waals surface area (Å²) in [6.07, 6.45) is 7.00. The Kier molecular flexibility index (Phi) is 10.5. The summed E-state index contributed by atoms with van der Waals surface area (Å²) >= 11 is 0. The van der Waals surface area contributed by atoms with E-state index in [2.05, 4.69) is 32.4 Å². The van der Waals surface area contributed by atoms with E-state index in [-0.39, 0.29) is 34.5 Å². The number of aliphatic hydroxyl groups excluding tert-OH is 2. The lowest BCUT2D eigenvalue weighted by Crippen LogP contribution is -2.51. The Morgan fingerprint density at radius 3 is 2.40 bits per heavy atom. The van der Waals surface area contributed by atoms with E-state index >= 15 is 0 Å². The van der Waals surface area contributed by atoms with E-state index in [1.54, 1.807) is 18.2 Å². The number of benzene rings is 2. The van der Waals surface area contributed by atoms with Gasteiger partial charge in [-0.15, -0.1) is 0 Å².